The number of nitrogens with zero attached hydrogens (tertiary/aromatic N) is 6. The van der Waals surface area contributed by atoms with Crippen LogP contribution in [0.15, 0.2) is 69.4 Å². The molecule has 34 heavy (non-hydrogen) atoms. The zero-order valence-electron chi connectivity index (χ0n) is 19.9. The van der Waals surface area contributed by atoms with E-state index in [-0.39, 0.29) is 16.0 Å². The molecule has 1 fully saturated rings. The van der Waals surface area contributed by atoms with Gasteiger partial charge in [-0.3, -0.25) is 10.1 Å². The van der Waals surface area contributed by atoms with Gasteiger partial charge in [0.15, 0.2) is 7.36 Å². The van der Waals surface area contributed by atoms with Gasteiger partial charge >= 0.3 is 0 Å². The number of nitro benzene ring substituents is 1. The van der Waals surface area contributed by atoms with Crippen molar-refractivity contribution in [3.05, 3.63) is 75.2 Å². The van der Waals surface area contributed by atoms with Crippen molar-refractivity contribution < 1.29 is 9.66 Å². The molecule has 1 atom stereocenters. The number of likely N-dealkylation sites (N-methyl/N-ethyl adjacent to an activating group) is 1. The van der Waals surface area contributed by atoms with Gasteiger partial charge in [0.25, 0.3) is 5.69 Å². The highest BCUT2D eigenvalue weighted by molar-refractivity contribution is 7.67. The van der Waals surface area contributed by atoms with Gasteiger partial charge < -0.3 is 9.64 Å². The van der Waals surface area contributed by atoms with Gasteiger partial charge in [-0.1, -0.05) is 38.1 Å². The SMILES string of the molecule is CN1/C(=C2\C=NN(C)P2(=Nc2cccc([N+](=O)[O-])c2)N2CCOCC2)C(C)(C)c2ccccc21. The quantitative estimate of drug-likeness (QED) is 0.343. The van der Waals surface area contributed by atoms with E-state index in [1.165, 1.54) is 17.3 Å². The van der Waals surface area contributed by atoms with E-state index in [1.54, 1.807) is 12.1 Å². The molecule has 3 aliphatic heterocycles. The summed E-state index contributed by atoms with van der Waals surface area (Å²) >= 11 is 0. The molecule has 0 bridgehead atoms. The van der Waals surface area contributed by atoms with E-state index >= 15 is 0 Å². The van der Waals surface area contributed by atoms with Crippen LogP contribution in [0, 0.1) is 10.1 Å². The second-order valence-corrected chi connectivity index (χ2v) is 12.1. The molecule has 10 heteroatoms. The highest BCUT2D eigenvalue weighted by Gasteiger charge is 2.48. The van der Waals surface area contributed by atoms with Crippen LogP contribution >= 0.6 is 7.36 Å². The molecule has 2 aromatic rings. The number of fused-ring (bicyclic) bond motifs is 1. The Balaban J connectivity index is 1.80. The number of anilines is 1. The lowest BCUT2D eigenvalue weighted by molar-refractivity contribution is -0.384. The number of hydrogen-bond acceptors (Lipinski definition) is 6. The molecule has 0 amide bonds. The molecule has 0 radical (unpaired) electrons. The molecule has 5 rings (SSSR count). The van der Waals surface area contributed by atoms with Crippen LogP contribution in [0.1, 0.15) is 19.4 Å². The van der Waals surface area contributed by atoms with E-state index in [0.717, 1.165) is 11.0 Å². The number of nitro groups is 1. The standard InChI is InChI=1S/C24H29N6O3P/c1-24(2)20-10-5-6-11-21(20)27(3)23(24)22-17-25-28(4)34(22,29-12-14-33-15-13-29)26-18-8-7-9-19(16-18)30(31)32/h5-11,16-17H,12-15H2,1-4H3/b23-22+. The molecule has 0 aromatic heterocycles. The zero-order chi connectivity index (χ0) is 24.1. The van der Waals surface area contributed by atoms with Crippen molar-refractivity contribution in [1.29, 1.82) is 0 Å². The third-order valence-electron chi connectivity index (χ3n) is 6.86. The average molecular weight is 481 g/mol. The number of rotatable bonds is 3. The molecule has 178 valence electrons. The molecule has 1 saturated heterocycles. The minimum atomic E-state index is -2.59. The Morgan fingerprint density at radius 1 is 1.12 bits per heavy atom. The fraction of sp³-hybridized carbons (Fsp3) is 0.375. The third-order valence-corrected chi connectivity index (χ3v) is 10.4. The molecular formula is C24H29N6O3P. The van der Waals surface area contributed by atoms with Gasteiger partial charge in [0.05, 0.1) is 35.4 Å². The maximum absolute atomic E-state index is 11.5. The van der Waals surface area contributed by atoms with Crippen LogP contribution in [0.4, 0.5) is 17.1 Å². The van der Waals surface area contributed by atoms with E-state index in [0.29, 0.717) is 32.0 Å². The molecule has 3 heterocycles. The summed E-state index contributed by atoms with van der Waals surface area (Å²) in [4.78, 5) is 13.3. The topological polar surface area (TPSA) is 86.8 Å². The van der Waals surface area contributed by atoms with E-state index in [1.807, 2.05) is 24.1 Å². The molecular weight excluding hydrogens is 451 g/mol. The average Bonchev–Trinajstić information content (AvgIpc) is 3.25. The molecule has 1 unspecified atom stereocenters. The number of hydrazone groups is 1. The first kappa shape index (κ1) is 22.8. The van der Waals surface area contributed by atoms with Crippen LogP contribution in [0.2, 0.25) is 0 Å². The molecule has 0 saturated carbocycles. The van der Waals surface area contributed by atoms with Crippen molar-refractivity contribution in [1.82, 2.24) is 9.45 Å². The van der Waals surface area contributed by atoms with Crippen LogP contribution < -0.4 is 4.90 Å². The van der Waals surface area contributed by atoms with E-state index in [9.17, 15) is 10.1 Å². The fourth-order valence-corrected chi connectivity index (χ4v) is 8.91. The number of non-ortho nitro benzene ring substituents is 1. The first-order chi connectivity index (χ1) is 16.3. The highest BCUT2D eigenvalue weighted by atomic mass is 31.2. The number of benzene rings is 2. The predicted molar refractivity (Wildman–Crippen MR) is 136 cm³/mol. The molecule has 9 nitrogen and oxygen atoms in total. The number of para-hydroxylation sites is 1. The number of hydrogen-bond donors (Lipinski definition) is 0. The predicted octanol–water partition coefficient (Wildman–Crippen LogP) is 5.16. The Hall–Kier alpha value is -3.00. The van der Waals surface area contributed by atoms with E-state index < -0.39 is 7.36 Å². The number of morpholine rings is 1. The molecule has 3 aliphatic rings. The van der Waals surface area contributed by atoms with Crippen LogP contribution in [0.5, 0.6) is 0 Å². The van der Waals surface area contributed by atoms with Crippen molar-refractivity contribution in [2.75, 3.05) is 45.3 Å². The summed E-state index contributed by atoms with van der Waals surface area (Å²) in [5, 5.41) is 17.3. The van der Waals surface area contributed by atoms with Crippen molar-refractivity contribution in [2.24, 2.45) is 9.85 Å². The summed E-state index contributed by atoms with van der Waals surface area (Å²) < 4.78 is 15.3. The number of allylic oxidation sites excluding steroid dienone is 2. The Labute approximate surface area is 199 Å². The van der Waals surface area contributed by atoms with Gasteiger partial charge in [-0.25, -0.2) is 14.2 Å². The second-order valence-electron chi connectivity index (χ2n) is 9.18. The summed E-state index contributed by atoms with van der Waals surface area (Å²) in [6, 6.07) is 15.0. The van der Waals surface area contributed by atoms with E-state index in [2.05, 4.69) is 54.7 Å². The first-order valence-electron chi connectivity index (χ1n) is 11.3. The minimum Gasteiger partial charge on any atom is -0.379 e. The van der Waals surface area contributed by atoms with Crippen LogP contribution in [0.25, 0.3) is 0 Å². The van der Waals surface area contributed by atoms with Crippen molar-refractivity contribution in [2.45, 2.75) is 19.3 Å². The van der Waals surface area contributed by atoms with Gasteiger partial charge in [-0.05, 0) is 17.7 Å². The molecule has 0 spiro atoms. The summed E-state index contributed by atoms with van der Waals surface area (Å²) in [7, 11) is 1.48. The van der Waals surface area contributed by atoms with Crippen LogP contribution in [-0.4, -0.2) is 61.0 Å². The summed E-state index contributed by atoms with van der Waals surface area (Å²) in [5.41, 5.74) is 3.96. The Morgan fingerprint density at radius 3 is 2.56 bits per heavy atom. The zero-order valence-corrected chi connectivity index (χ0v) is 20.8. The van der Waals surface area contributed by atoms with Crippen molar-refractivity contribution >= 4 is 30.6 Å². The third kappa shape index (κ3) is 3.38. The Kier molecular flexibility index (Phi) is 5.59. The monoisotopic (exact) mass is 480 g/mol. The van der Waals surface area contributed by atoms with Gasteiger partial charge in [-0.15, -0.1) is 0 Å². The molecule has 2 aromatic carbocycles. The first-order valence-corrected chi connectivity index (χ1v) is 13.0. The van der Waals surface area contributed by atoms with Crippen LogP contribution in [-0.2, 0) is 10.2 Å². The highest BCUT2D eigenvalue weighted by Crippen LogP contribution is 2.69. The molecule has 0 aliphatic carbocycles. The van der Waals surface area contributed by atoms with Gasteiger partial charge in [0, 0.05) is 56.1 Å². The van der Waals surface area contributed by atoms with Gasteiger partial charge in [0.1, 0.15) is 0 Å². The largest absolute Gasteiger partial charge is 0.379 e. The maximum Gasteiger partial charge on any atom is 0.271 e. The summed E-state index contributed by atoms with van der Waals surface area (Å²) in [6.07, 6.45) is 1.95. The van der Waals surface area contributed by atoms with E-state index in [4.69, 9.17) is 14.6 Å². The lowest BCUT2D eigenvalue weighted by Gasteiger charge is -2.41. The number of ether oxygens (including phenoxy) is 1. The van der Waals surface area contributed by atoms with Crippen molar-refractivity contribution in [3.8, 4) is 0 Å². The summed E-state index contributed by atoms with van der Waals surface area (Å²) in [6.45, 7) is 7.14. The Morgan fingerprint density at radius 2 is 1.85 bits per heavy atom. The normalized spacial score (nSPS) is 26.1. The Bertz CT molecular complexity index is 1260. The lowest BCUT2D eigenvalue weighted by Crippen LogP contribution is -2.37. The lowest BCUT2D eigenvalue weighted by atomic mass is 9.84. The van der Waals surface area contributed by atoms with Gasteiger partial charge in [-0.2, -0.15) is 5.10 Å². The minimum absolute atomic E-state index is 0.0315. The molecule has 0 N–H and O–H groups in total. The smallest absolute Gasteiger partial charge is 0.271 e. The summed E-state index contributed by atoms with van der Waals surface area (Å²) in [5.74, 6) is 0. The van der Waals surface area contributed by atoms with Crippen molar-refractivity contribution in [3.63, 3.8) is 0 Å². The maximum atomic E-state index is 11.5. The fourth-order valence-electron chi connectivity index (χ4n) is 5.28. The van der Waals surface area contributed by atoms with Gasteiger partial charge in [0.2, 0.25) is 0 Å². The second kappa shape index (κ2) is 8.34. The van der Waals surface area contributed by atoms with Crippen LogP contribution in [0.3, 0.4) is 0 Å².